The molecule has 0 aromatic heterocycles. The maximum atomic E-state index is 14.0. The monoisotopic (exact) mass is 488 g/mol. The van der Waals surface area contributed by atoms with E-state index in [4.69, 9.17) is 14.2 Å². The van der Waals surface area contributed by atoms with Crippen LogP contribution in [0.15, 0.2) is 72.5 Å². The fourth-order valence-electron chi connectivity index (χ4n) is 4.28. The Kier molecular flexibility index (Phi) is 6.58. The molecule has 0 bridgehead atoms. The van der Waals surface area contributed by atoms with E-state index in [9.17, 15) is 14.0 Å². The van der Waals surface area contributed by atoms with Gasteiger partial charge in [0.2, 0.25) is 5.78 Å². The van der Waals surface area contributed by atoms with Crippen LogP contribution >= 0.6 is 0 Å². The first-order valence-electron chi connectivity index (χ1n) is 11.6. The Morgan fingerprint density at radius 1 is 1.00 bits per heavy atom. The minimum atomic E-state index is -0.264. The number of nitrogens with zero attached hydrogens (tertiary/aromatic N) is 2. The van der Waals surface area contributed by atoms with Crippen molar-refractivity contribution in [1.82, 2.24) is 4.90 Å². The van der Waals surface area contributed by atoms with E-state index < -0.39 is 0 Å². The molecule has 2 aliphatic heterocycles. The second kappa shape index (κ2) is 10.1. The van der Waals surface area contributed by atoms with Crippen molar-refractivity contribution in [3.63, 3.8) is 0 Å². The average Bonchev–Trinajstić information content (AvgIpc) is 3.22. The number of halogens is 1. The van der Waals surface area contributed by atoms with Gasteiger partial charge in [-0.2, -0.15) is 0 Å². The Balaban J connectivity index is 1.17. The first-order chi connectivity index (χ1) is 17.5. The van der Waals surface area contributed by atoms with E-state index in [2.05, 4.69) is 0 Å². The number of para-hydroxylation sites is 1. The zero-order valence-electron chi connectivity index (χ0n) is 19.8. The number of piperazine rings is 1. The Morgan fingerprint density at radius 3 is 2.58 bits per heavy atom. The van der Waals surface area contributed by atoms with Gasteiger partial charge in [0.1, 0.15) is 23.1 Å². The number of anilines is 1. The van der Waals surface area contributed by atoms with Crippen molar-refractivity contribution >= 4 is 23.5 Å². The quantitative estimate of drug-likeness (QED) is 0.485. The van der Waals surface area contributed by atoms with Crippen molar-refractivity contribution in [3.05, 3.63) is 89.4 Å². The minimum Gasteiger partial charge on any atom is -0.497 e. The summed E-state index contributed by atoms with van der Waals surface area (Å²) in [6.07, 6.45) is 1.66. The zero-order valence-corrected chi connectivity index (χ0v) is 19.8. The summed E-state index contributed by atoms with van der Waals surface area (Å²) in [5.74, 6) is 1.07. The number of ether oxygens (including phenoxy) is 3. The number of ketones is 1. The van der Waals surface area contributed by atoms with E-state index in [0.29, 0.717) is 54.7 Å². The maximum Gasteiger partial charge on any atom is 0.260 e. The summed E-state index contributed by atoms with van der Waals surface area (Å²) >= 11 is 0. The normalized spacial score (nSPS) is 16.1. The summed E-state index contributed by atoms with van der Waals surface area (Å²) in [7, 11) is 1.58. The van der Waals surface area contributed by atoms with E-state index in [-0.39, 0.29) is 29.9 Å². The van der Waals surface area contributed by atoms with E-state index in [1.807, 2.05) is 29.2 Å². The Morgan fingerprint density at radius 2 is 1.81 bits per heavy atom. The van der Waals surface area contributed by atoms with E-state index >= 15 is 0 Å². The molecule has 0 aliphatic carbocycles. The number of Topliss-reactive ketones (excluding diaryl/α,β-unsaturated/α-hetero) is 1. The summed E-state index contributed by atoms with van der Waals surface area (Å²) < 4.78 is 30.8. The van der Waals surface area contributed by atoms with Gasteiger partial charge in [-0.05, 0) is 48.0 Å². The Hall–Kier alpha value is -4.33. The standard InChI is InChI=1S/C28H25FN2O5/c1-34-20-6-4-5-19(15-20)16-26-28(33)22-10-9-21(17-25(22)36-26)35-18-27(32)31-13-11-30(12-14-31)24-8-3-2-7-23(24)29/h2-10,15-17H,11-14,18H2,1H3. The molecule has 7 nitrogen and oxygen atoms in total. The van der Waals surface area contributed by atoms with Crippen molar-refractivity contribution in [3.8, 4) is 17.2 Å². The van der Waals surface area contributed by atoms with Gasteiger partial charge in [0.05, 0.1) is 18.4 Å². The molecule has 2 heterocycles. The molecule has 0 spiro atoms. The van der Waals surface area contributed by atoms with E-state index in [0.717, 1.165) is 5.56 Å². The molecule has 36 heavy (non-hydrogen) atoms. The largest absolute Gasteiger partial charge is 0.497 e. The van der Waals surface area contributed by atoms with E-state index in [1.54, 1.807) is 54.5 Å². The van der Waals surface area contributed by atoms with Crippen LogP contribution in [-0.4, -0.2) is 56.5 Å². The number of benzene rings is 3. The number of hydrogen-bond acceptors (Lipinski definition) is 6. The van der Waals surface area contributed by atoms with Crippen molar-refractivity contribution in [2.24, 2.45) is 0 Å². The van der Waals surface area contributed by atoms with Crippen molar-refractivity contribution in [2.75, 3.05) is 44.8 Å². The van der Waals surface area contributed by atoms with Crippen molar-refractivity contribution < 1.29 is 28.2 Å². The highest BCUT2D eigenvalue weighted by Gasteiger charge is 2.28. The summed E-state index contributed by atoms with van der Waals surface area (Å²) in [5, 5.41) is 0. The van der Waals surface area contributed by atoms with Gasteiger partial charge in [-0.25, -0.2) is 4.39 Å². The zero-order chi connectivity index (χ0) is 25.1. The number of hydrogen-bond donors (Lipinski definition) is 0. The molecule has 3 aromatic carbocycles. The second-order valence-electron chi connectivity index (χ2n) is 8.48. The summed E-state index contributed by atoms with van der Waals surface area (Å²) in [6, 6.07) is 18.9. The molecule has 0 saturated carbocycles. The third-order valence-electron chi connectivity index (χ3n) is 6.22. The van der Waals surface area contributed by atoms with Crippen LogP contribution in [0.3, 0.4) is 0 Å². The molecule has 1 amide bonds. The van der Waals surface area contributed by atoms with Gasteiger partial charge in [0.15, 0.2) is 12.4 Å². The first-order valence-corrected chi connectivity index (χ1v) is 11.6. The number of carbonyl (C=O) groups excluding carboxylic acids is 2. The number of carbonyl (C=O) groups is 2. The number of fused-ring (bicyclic) bond motifs is 1. The van der Waals surface area contributed by atoms with Gasteiger partial charge in [-0.1, -0.05) is 24.3 Å². The molecule has 2 aliphatic rings. The number of methoxy groups -OCH3 is 1. The van der Waals surface area contributed by atoms with Crippen LogP contribution in [0.25, 0.3) is 6.08 Å². The molecule has 1 saturated heterocycles. The van der Waals surface area contributed by atoms with Crippen LogP contribution in [0.1, 0.15) is 15.9 Å². The van der Waals surface area contributed by atoms with E-state index in [1.165, 1.54) is 6.07 Å². The lowest BCUT2D eigenvalue weighted by molar-refractivity contribution is -0.133. The SMILES string of the molecule is COc1cccc(C=C2Oc3cc(OCC(=O)N4CCN(c5ccccc5F)CC4)ccc3C2=O)c1. The molecule has 0 N–H and O–H groups in total. The summed E-state index contributed by atoms with van der Waals surface area (Å²) in [4.78, 5) is 29.1. The highest BCUT2D eigenvalue weighted by Crippen LogP contribution is 2.35. The molecule has 8 heteroatoms. The Labute approximate surface area is 208 Å². The van der Waals surface area contributed by atoms with Crippen molar-refractivity contribution in [1.29, 1.82) is 0 Å². The van der Waals surface area contributed by atoms with Crippen LogP contribution in [0, 0.1) is 5.82 Å². The third kappa shape index (κ3) is 4.88. The smallest absolute Gasteiger partial charge is 0.260 e. The van der Waals surface area contributed by atoms with Crippen LogP contribution < -0.4 is 19.1 Å². The lowest BCUT2D eigenvalue weighted by Gasteiger charge is -2.36. The predicted molar refractivity (Wildman–Crippen MR) is 133 cm³/mol. The van der Waals surface area contributed by atoms with Gasteiger partial charge in [0, 0.05) is 32.2 Å². The summed E-state index contributed by atoms with van der Waals surface area (Å²) in [5.41, 5.74) is 1.77. The van der Waals surface area contributed by atoms with Crippen molar-refractivity contribution in [2.45, 2.75) is 0 Å². The highest BCUT2D eigenvalue weighted by atomic mass is 19.1. The van der Waals surface area contributed by atoms with Gasteiger partial charge in [-0.15, -0.1) is 0 Å². The fraction of sp³-hybridized carbons (Fsp3) is 0.214. The predicted octanol–water partition coefficient (Wildman–Crippen LogP) is 4.18. The first kappa shape index (κ1) is 23.4. The highest BCUT2D eigenvalue weighted by molar-refractivity contribution is 6.14. The molecule has 5 rings (SSSR count). The molecular formula is C28H25FN2O5. The lowest BCUT2D eigenvalue weighted by atomic mass is 10.1. The molecule has 1 fully saturated rings. The number of allylic oxidation sites excluding steroid dienone is 1. The summed E-state index contributed by atoms with van der Waals surface area (Å²) in [6.45, 7) is 1.92. The number of amides is 1. The third-order valence-corrected chi connectivity index (χ3v) is 6.22. The minimum absolute atomic E-state index is 0.140. The molecule has 0 atom stereocenters. The number of rotatable bonds is 6. The second-order valence-corrected chi connectivity index (χ2v) is 8.48. The maximum absolute atomic E-state index is 14.0. The molecular weight excluding hydrogens is 463 g/mol. The Bertz CT molecular complexity index is 1330. The van der Waals surface area contributed by atoms with Gasteiger partial charge >= 0.3 is 0 Å². The van der Waals surface area contributed by atoms with Crippen LogP contribution in [0.5, 0.6) is 17.2 Å². The fourth-order valence-corrected chi connectivity index (χ4v) is 4.28. The van der Waals surface area contributed by atoms with Crippen LogP contribution in [0.2, 0.25) is 0 Å². The molecule has 184 valence electrons. The molecule has 0 radical (unpaired) electrons. The molecule has 0 unspecified atom stereocenters. The van der Waals surface area contributed by atoms with Crippen LogP contribution in [-0.2, 0) is 4.79 Å². The van der Waals surface area contributed by atoms with Gasteiger partial charge in [-0.3, -0.25) is 9.59 Å². The van der Waals surface area contributed by atoms with Gasteiger partial charge < -0.3 is 24.0 Å². The topological polar surface area (TPSA) is 68.3 Å². The van der Waals surface area contributed by atoms with Gasteiger partial charge in [0.25, 0.3) is 5.91 Å². The average molecular weight is 489 g/mol. The molecule has 3 aromatic rings. The van der Waals surface area contributed by atoms with Crippen LogP contribution in [0.4, 0.5) is 10.1 Å². The lowest BCUT2D eigenvalue weighted by Crippen LogP contribution is -2.50.